The van der Waals surface area contributed by atoms with Gasteiger partial charge in [0.25, 0.3) is 0 Å². The zero-order valence-corrected chi connectivity index (χ0v) is 19.7. The summed E-state index contributed by atoms with van der Waals surface area (Å²) in [6.45, 7) is 5.44. The van der Waals surface area contributed by atoms with Crippen molar-refractivity contribution in [1.29, 1.82) is 0 Å². The number of aromatic carboxylic acids is 1. The topological polar surface area (TPSA) is 95.7 Å². The Bertz CT molecular complexity index is 1450. The minimum absolute atomic E-state index is 0.0864. The Morgan fingerprint density at radius 2 is 1.94 bits per heavy atom. The minimum Gasteiger partial charge on any atom is -0.478 e. The van der Waals surface area contributed by atoms with E-state index in [9.17, 15) is 14.7 Å². The van der Waals surface area contributed by atoms with Crippen molar-refractivity contribution in [1.82, 2.24) is 4.98 Å². The molecule has 2 aromatic carbocycles. The summed E-state index contributed by atoms with van der Waals surface area (Å²) in [6.07, 6.45) is 4.58. The fourth-order valence-corrected chi connectivity index (χ4v) is 4.87. The van der Waals surface area contributed by atoms with Gasteiger partial charge in [-0.15, -0.1) is 0 Å². The lowest BCUT2D eigenvalue weighted by atomic mass is 10.00. The zero-order valence-electron chi connectivity index (χ0n) is 19.7. The SMILES string of the molecule is Cc1cc(C(C)Nc2ccccc2C(=O)O)c2oc(N3CCC(c4ccncc4)C3)cc(=O)c2c1. The second kappa shape index (κ2) is 9.25. The third-order valence-electron chi connectivity index (χ3n) is 6.66. The lowest BCUT2D eigenvalue weighted by Gasteiger charge is -2.21. The average molecular weight is 470 g/mol. The Morgan fingerprint density at radius 1 is 1.17 bits per heavy atom. The highest BCUT2D eigenvalue weighted by molar-refractivity contribution is 5.94. The summed E-state index contributed by atoms with van der Waals surface area (Å²) in [5.74, 6) is -0.0899. The average Bonchev–Trinajstić information content (AvgIpc) is 3.35. The second-order valence-electron chi connectivity index (χ2n) is 9.11. The van der Waals surface area contributed by atoms with Gasteiger partial charge in [-0.3, -0.25) is 9.78 Å². The Kier molecular flexibility index (Phi) is 5.99. The number of aromatic nitrogens is 1. The molecule has 2 atom stereocenters. The van der Waals surface area contributed by atoms with E-state index in [1.807, 2.05) is 38.1 Å². The molecule has 0 amide bonds. The maximum Gasteiger partial charge on any atom is 0.337 e. The van der Waals surface area contributed by atoms with Gasteiger partial charge in [-0.05, 0) is 61.7 Å². The van der Waals surface area contributed by atoms with Gasteiger partial charge in [0, 0.05) is 48.7 Å². The first-order chi connectivity index (χ1) is 16.9. The minimum atomic E-state index is -0.999. The molecule has 7 heteroatoms. The van der Waals surface area contributed by atoms with Gasteiger partial charge in [0.2, 0.25) is 0 Å². The van der Waals surface area contributed by atoms with Gasteiger partial charge in [0.05, 0.1) is 17.0 Å². The van der Waals surface area contributed by atoms with Crippen molar-refractivity contribution in [3.05, 3.63) is 99.5 Å². The summed E-state index contributed by atoms with van der Waals surface area (Å²) in [5, 5.41) is 13.4. The van der Waals surface area contributed by atoms with Crippen molar-refractivity contribution < 1.29 is 14.3 Å². The Balaban J connectivity index is 1.51. The van der Waals surface area contributed by atoms with Gasteiger partial charge in [-0.2, -0.15) is 0 Å². The first-order valence-corrected chi connectivity index (χ1v) is 11.7. The number of hydrogen-bond donors (Lipinski definition) is 2. The van der Waals surface area contributed by atoms with E-state index in [4.69, 9.17) is 4.42 Å². The first-order valence-electron chi connectivity index (χ1n) is 11.7. The van der Waals surface area contributed by atoms with Crippen LogP contribution in [0.15, 0.2) is 76.2 Å². The van der Waals surface area contributed by atoms with Crippen LogP contribution in [0.2, 0.25) is 0 Å². The predicted octanol–water partition coefficient (Wildman–Crippen LogP) is 5.36. The molecule has 3 heterocycles. The number of nitrogens with zero attached hydrogens (tertiary/aromatic N) is 2. The highest BCUT2D eigenvalue weighted by Gasteiger charge is 2.27. The smallest absolute Gasteiger partial charge is 0.337 e. The largest absolute Gasteiger partial charge is 0.478 e. The van der Waals surface area contributed by atoms with Crippen molar-refractivity contribution >= 4 is 28.5 Å². The summed E-state index contributed by atoms with van der Waals surface area (Å²) in [7, 11) is 0. The number of anilines is 2. The highest BCUT2D eigenvalue weighted by atomic mass is 16.4. The molecule has 0 bridgehead atoms. The predicted molar refractivity (Wildman–Crippen MR) is 136 cm³/mol. The monoisotopic (exact) mass is 469 g/mol. The van der Waals surface area contributed by atoms with E-state index in [2.05, 4.69) is 15.2 Å². The van der Waals surface area contributed by atoms with Crippen molar-refractivity contribution in [2.24, 2.45) is 0 Å². The van der Waals surface area contributed by atoms with Crippen LogP contribution in [0.5, 0.6) is 0 Å². The summed E-state index contributed by atoms with van der Waals surface area (Å²) >= 11 is 0. The molecule has 4 aromatic rings. The molecule has 7 nitrogen and oxygen atoms in total. The van der Waals surface area contributed by atoms with E-state index in [0.29, 0.717) is 28.5 Å². The number of pyridine rings is 1. The fraction of sp³-hybridized carbons (Fsp3) is 0.250. The third kappa shape index (κ3) is 4.49. The number of benzene rings is 2. The fourth-order valence-electron chi connectivity index (χ4n) is 4.87. The van der Waals surface area contributed by atoms with E-state index < -0.39 is 5.97 Å². The molecule has 35 heavy (non-hydrogen) atoms. The van der Waals surface area contributed by atoms with Crippen LogP contribution in [0.1, 0.15) is 52.4 Å². The number of carboxylic acid groups (broad SMARTS) is 1. The number of carbonyl (C=O) groups is 1. The standard InChI is InChI=1S/C28H27N3O4/c1-17-13-22(18(2)30-24-6-4-3-5-21(24)28(33)34)27-23(14-17)25(32)15-26(35-27)31-12-9-20(16-31)19-7-10-29-11-8-19/h3-8,10-11,13-15,18,20,30H,9,12,16H2,1-2H3,(H,33,34). The number of rotatable bonds is 6. The normalized spacial score (nSPS) is 16.4. The number of aryl methyl sites for hydroxylation is 1. The van der Waals surface area contributed by atoms with Crippen molar-refractivity contribution in [2.45, 2.75) is 32.2 Å². The summed E-state index contributed by atoms with van der Waals surface area (Å²) in [6, 6.07) is 16.0. The molecule has 1 fully saturated rings. The second-order valence-corrected chi connectivity index (χ2v) is 9.11. The lowest BCUT2D eigenvalue weighted by molar-refractivity contribution is 0.0698. The van der Waals surface area contributed by atoms with Crippen LogP contribution in [-0.4, -0.2) is 29.1 Å². The molecule has 1 aliphatic rings. The number of hydrogen-bond acceptors (Lipinski definition) is 6. The molecule has 5 rings (SSSR count). The molecular weight excluding hydrogens is 442 g/mol. The van der Waals surface area contributed by atoms with E-state index in [1.54, 1.807) is 42.7 Å². The van der Waals surface area contributed by atoms with E-state index in [0.717, 1.165) is 30.6 Å². The van der Waals surface area contributed by atoms with E-state index in [-0.39, 0.29) is 17.0 Å². The van der Waals surface area contributed by atoms with Crippen LogP contribution in [0.3, 0.4) is 0 Å². The molecule has 2 unspecified atom stereocenters. The van der Waals surface area contributed by atoms with Gasteiger partial charge in [0.15, 0.2) is 11.3 Å². The van der Waals surface area contributed by atoms with Crippen molar-refractivity contribution in [3.63, 3.8) is 0 Å². The van der Waals surface area contributed by atoms with Gasteiger partial charge < -0.3 is 19.7 Å². The Hall–Kier alpha value is -4.13. The van der Waals surface area contributed by atoms with Gasteiger partial charge in [0.1, 0.15) is 5.58 Å². The lowest BCUT2D eigenvalue weighted by Crippen LogP contribution is -2.21. The van der Waals surface area contributed by atoms with Crippen molar-refractivity contribution in [2.75, 3.05) is 23.3 Å². The third-order valence-corrected chi connectivity index (χ3v) is 6.66. The summed E-state index contributed by atoms with van der Waals surface area (Å²) in [5.41, 5.74) is 4.13. The highest BCUT2D eigenvalue weighted by Crippen LogP contribution is 2.34. The molecular formula is C28H27N3O4. The van der Waals surface area contributed by atoms with Crippen LogP contribution in [0.4, 0.5) is 11.6 Å². The van der Waals surface area contributed by atoms with E-state index >= 15 is 0 Å². The van der Waals surface area contributed by atoms with Gasteiger partial charge in [-0.25, -0.2) is 4.79 Å². The number of carboxylic acids is 1. The van der Waals surface area contributed by atoms with Crippen molar-refractivity contribution in [3.8, 4) is 0 Å². The quantitative estimate of drug-likeness (QED) is 0.392. The number of nitrogens with one attached hydrogen (secondary N) is 1. The molecule has 1 aliphatic heterocycles. The molecule has 1 saturated heterocycles. The molecule has 2 aromatic heterocycles. The van der Waals surface area contributed by atoms with Gasteiger partial charge in [-0.1, -0.05) is 18.2 Å². The maximum atomic E-state index is 13.1. The molecule has 0 spiro atoms. The Labute approximate surface area is 203 Å². The summed E-state index contributed by atoms with van der Waals surface area (Å²) in [4.78, 5) is 31.0. The maximum absolute atomic E-state index is 13.1. The number of fused-ring (bicyclic) bond motifs is 1. The Morgan fingerprint density at radius 3 is 2.71 bits per heavy atom. The molecule has 0 saturated carbocycles. The van der Waals surface area contributed by atoms with Crippen LogP contribution in [-0.2, 0) is 0 Å². The summed E-state index contributed by atoms with van der Waals surface area (Å²) < 4.78 is 6.39. The van der Waals surface area contributed by atoms with Crippen LogP contribution >= 0.6 is 0 Å². The zero-order chi connectivity index (χ0) is 24.5. The molecule has 178 valence electrons. The molecule has 0 radical (unpaired) electrons. The van der Waals surface area contributed by atoms with Crippen LogP contribution in [0, 0.1) is 6.92 Å². The van der Waals surface area contributed by atoms with E-state index in [1.165, 1.54) is 5.56 Å². The first kappa shape index (κ1) is 22.7. The van der Waals surface area contributed by atoms with Gasteiger partial charge >= 0.3 is 5.97 Å². The van der Waals surface area contributed by atoms with Crippen LogP contribution in [0.25, 0.3) is 11.0 Å². The molecule has 0 aliphatic carbocycles. The molecule has 2 N–H and O–H groups in total. The number of para-hydroxylation sites is 1. The van der Waals surface area contributed by atoms with Crippen LogP contribution < -0.4 is 15.6 Å².